The Morgan fingerprint density at radius 3 is 2.50 bits per heavy atom. The summed E-state index contributed by atoms with van der Waals surface area (Å²) in [5, 5.41) is 3.15. The Hall–Kier alpha value is -4.13. The molecule has 0 aliphatic carbocycles. The zero-order valence-corrected chi connectivity index (χ0v) is 16.2. The Morgan fingerprint density at radius 2 is 1.73 bits per heavy atom. The number of aromatic nitrogens is 2. The molecule has 0 spiro atoms. The summed E-state index contributed by atoms with van der Waals surface area (Å²) in [5.41, 5.74) is 0.954. The van der Waals surface area contributed by atoms with Crippen LogP contribution in [0.25, 0.3) is 16.6 Å². The Morgan fingerprint density at radius 1 is 1.00 bits per heavy atom. The highest BCUT2D eigenvalue weighted by molar-refractivity contribution is 5.97. The molecule has 0 aliphatic heterocycles. The van der Waals surface area contributed by atoms with Crippen LogP contribution in [0.5, 0.6) is 5.75 Å². The lowest BCUT2D eigenvalue weighted by Gasteiger charge is -2.10. The van der Waals surface area contributed by atoms with E-state index in [0.29, 0.717) is 27.9 Å². The van der Waals surface area contributed by atoms with Gasteiger partial charge in [0.2, 0.25) is 0 Å². The smallest absolute Gasteiger partial charge is 0.333 e. The van der Waals surface area contributed by atoms with E-state index in [0.717, 1.165) is 10.1 Å². The molecule has 3 aromatic carbocycles. The van der Waals surface area contributed by atoms with Crippen LogP contribution in [0.3, 0.4) is 0 Å². The van der Waals surface area contributed by atoms with Gasteiger partial charge in [-0.2, -0.15) is 0 Å². The molecule has 0 saturated carbocycles. The first kappa shape index (κ1) is 19.2. The van der Waals surface area contributed by atoms with Crippen molar-refractivity contribution in [3.05, 3.63) is 105 Å². The standard InChI is InChI=1S/C23H19N3O4/c1-30-20-10-6-5-7-16(20)14-24-21(27)15-11-12-18-19(13-15)25-23(29)26(22(18)28)17-8-3-2-4-9-17/h2-13H,14H2,1H3,(H,24,27)(H,25,29). The van der Waals surface area contributed by atoms with Crippen molar-refractivity contribution in [3.63, 3.8) is 0 Å². The lowest BCUT2D eigenvalue weighted by atomic mass is 10.1. The summed E-state index contributed by atoms with van der Waals surface area (Å²) in [6.07, 6.45) is 0. The van der Waals surface area contributed by atoms with Gasteiger partial charge in [-0.05, 0) is 36.4 Å². The van der Waals surface area contributed by atoms with Crippen LogP contribution in [-0.4, -0.2) is 22.6 Å². The number of fused-ring (bicyclic) bond motifs is 1. The van der Waals surface area contributed by atoms with E-state index in [1.807, 2.05) is 24.3 Å². The molecule has 4 rings (SSSR count). The number of nitrogens with zero attached hydrogens (tertiary/aromatic N) is 1. The fraction of sp³-hybridized carbons (Fsp3) is 0.0870. The average Bonchev–Trinajstić information content (AvgIpc) is 2.78. The molecule has 7 heteroatoms. The highest BCUT2D eigenvalue weighted by atomic mass is 16.5. The van der Waals surface area contributed by atoms with Gasteiger partial charge in [0.15, 0.2) is 0 Å². The van der Waals surface area contributed by atoms with Crippen molar-refractivity contribution in [1.82, 2.24) is 14.9 Å². The fourth-order valence-electron chi connectivity index (χ4n) is 3.30. The summed E-state index contributed by atoms with van der Waals surface area (Å²) in [6.45, 7) is 0.285. The number of para-hydroxylation sites is 2. The minimum atomic E-state index is -0.565. The predicted molar refractivity (Wildman–Crippen MR) is 114 cm³/mol. The van der Waals surface area contributed by atoms with E-state index in [1.165, 1.54) is 6.07 Å². The summed E-state index contributed by atoms with van der Waals surface area (Å²) >= 11 is 0. The summed E-state index contributed by atoms with van der Waals surface area (Å²) in [7, 11) is 1.57. The van der Waals surface area contributed by atoms with Gasteiger partial charge < -0.3 is 15.0 Å². The number of amides is 1. The molecule has 1 amide bonds. The second-order valence-electron chi connectivity index (χ2n) is 6.66. The van der Waals surface area contributed by atoms with Crippen LogP contribution in [0.15, 0.2) is 82.4 Å². The number of hydrogen-bond acceptors (Lipinski definition) is 4. The molecule has 0 atom stereocenters. The van der Waals surface area contributed by atoms with Crippen molar-refractivity contribution in [2.24, 2.45) is 0 Å². The Bertz CT molecular complexity index is 1340. The number of aromatic amines is 1. The summed E-state index contributed by atoms with van der Waals surface area (Å²) in [4.78, 5) is 40.6. The summed E-state index contributed by atoms with van der Waals surface area (Å²) in [6, 6.07) is 20.7. The number of H-pyrrole nitrogens is 1. The molecule has 0 radical (unpaired) electrons. The van der Waals surface area contributed by atoms with Gasteiger partial charge in [-0.1, -0.05) is 36.4 Å². The molecule has 0 aliphatic rings. The zero-order chi connectivity index (χ0) is 21.1. The van der Waals surface area contributed by atoms with Crippen molar-refractivity contribution in [2.75, 3.05) is 7.11 Å². The van der Waals surface area contributed by atoms with Gasteiger partial charge in [-0.25, -0.2) is 9.36 Å². The molecule has 0 fully saturated rings. The largest absolute Gasteiger partial charge is 0.496 e. The summed E-state index contributed by atoms with van der Waals surface area (Å²) < 4.78 is 6.36. The van der Waals surface area contributed by atoms with Crippen molar-refractivity contribution >= 4 is 16.8 Å². The average molecular weight is 401 g/mol. The van der Waals surface area contributed by atoms with E-state index in [9.17, 15) is 14.4 Å². The number of carbonyl (C=O) groups is 1. The third kappa shape index (κ3) is 3.60. The number of ether oxygens (including phenoxy) is 1. The van der Waals surface area contributed by atoms with Gasteiger partial charge >= 0.3 is 5.69 Å². The number of hydrogen-bond donors (Lipinski definition) is 2. The Labute approximate surface area is 171 Å². The first-order valence-corrected chi connectivity index (χ1v) is 9.33. The number of methoxy groups -OCH3 is 1. The lowest BCUT2D eigenvalue weighted by Crippen LogP contribution is -2.33. The van der Waals surface area contributed by atoms with Crippen molar-refractivity contribution in [3.8, 4) is 11.4 Å². The van der Waals surface area contributed by atoms with Gasteiger partial charge in [-0.3, -0.25) is 9.59 Å². The lowest BCUT2D eigenvalue weighted by molar-refractivity contribution is 0.0951. The fourth-order valence-corrected chi connectivity index (χ4v) is 3.30. The molecule has 30 heavy (non-hydrogen) atoms. The number of nitrogens with one attached hydrogen (secondary N) is 2. The number of carbonyl (C=O) groups excluding carboxylic acids is 1. The van der Waals surface area contributed by atoms with Crippen molar-refractivity contribution in [2.45, 2.75) is 6.54 Å². The van der Waals surface area contributed by atoms with Crippen molar-refractivity contribution in [1.29, 1.82) is 0 Å². The second-order valence-corrected chi connectivity index (χ2v) is 6.66. The number of benzene rings is 3. The minimum absolute atomic E-state index is 0.285. The molecular weight excluding hydrogens is 382 g/mol. The van der Waals surface area contributed by atoms with E-state index in [1.54, 1.807) is 49.6 Å². The van der Waals surface area contributed by atoms with Crippen LogP contribution in [0.4, 0.5) is 0 Å². The molecule has 1 aromatic heterocycles. The van der Waals surface area contributed by atoms with Crippen LogP contribution in [-0.2, 0) is 6.54 Å². The molecule has 150 valence electrons. The van der Waals surface area contributed by atoms with Gasteiger partial charge in [0.25, 0.3) is 11.5 Å². The highest BCUT2D eigenvalue weighted by Gasteiger charge is 2.13. The summed E-state index contributed by atoms with van der Waals surface area (Å²) in [5.74, 6) is 0.359. The van der Waals surface area contributed by atoms with Crippen molar-refractivity contribution < 1.29 is 9.53 Å². The molecule has 1 heterocycles. The predicted octanol–water partition coefficient (Wildman–Crippen LogP) is 2.62. The maximum absolute atomic E-state index is 12.8. The van der Waals surface area contributed by atoms with Gasteiger partial charge in [0.1, 0.15) is 5.75 Å². The Balaban J connectivity index is 1.64. The third-order valence-corrected chi connectivity index (χ3v) is 4.81. The molecule has 2 N–H and O–H groups in total. The van der Waals surface area contributed by atoms with Gasteiger partial charge in [-0.15, -0.1) is 0 Å². The zero-order valence-electron chi connectivity index (χ0n) is 16.2. The molecule has 0 bridgehead atoms. The maximum atomic E-state index is 12.8. The van der Waals surface area contributed by atoms with Crippen LogP contribution in [0, 0.1) is 0 Å². The van der Waals surface area contributed by atoms with Crippen LogP contribution in [0.2, 0.25) is 0 Å². The topological polar surface area (TPSA) is 93.2 Å². The number of rotatable bonds is 5. The van der Waals surface area contributed by atoms with Crippen LogP contribution >= 0.6 is 0 Å². The quantitative estimate of drug-likeness (QED) is 0.538. The van der Waals surface area contributed by atoms with Gasteiger partial charge in [0.05, 0.1) is 23.7 Å². The molecule has 0 saturated heterocycles. The second kappa shape index (κ2) is 8.08. The highest BCUT2D eigenvalue weighted by Crippen LogP contribution is 2.17. The van der Waals surface area contributed by atoms with Gasteiger partial charge in [0, 0.05) is 17.7 Å². The van der Waals surface area contributed by atoms with Crippen LogP contribution < -0.4 is 21.3 Å². The van der Waals surface area contributed by atoms with E-state index in [2.05, 4.69) is 10.3 Å². The van der Waals surface area contributed by atoms with E-state index in [4.69, 9.17) is 4.74 Å². The third-order valence-electron chi connectivity index (χ3n) is 4.81. The molecular formula is C23H19N3O4. The SMILES string of the molecule is COc1ccccc1CNC(=O)c1ccc2c(=O)n(-c3ccccc3)c(=O)[nH]c2c1. The van der Waals surface area contributed by atoms with E-state index in [-0.39, 0.29) is 12.5 Å². The molecule has 0 unspecified atom stereocenters. The molecule has 7 nitrogen and oxygen atoms in total. The monoisotopic (exact) mass is 401 g/mol. The normalized spacial score (nSPS) is 10.7. The Kier molecular flexibility index (Phi) is 5.17. The minimum Gasteiger partial charge on any atom is -0.496 e. The van der Waals surface area contributed by atoms with Crippen LogP contribution in [0.1, 0.15) is 15.9 Å². The first-order valence-electron chi connectivity index (χ1n) is 9.33. The van der Waals surface area contributed by atoms with E-state index >= 15 is 0 Å². The molecule has 4 aromatic rings. The first-order chi connectivity index (χ1) is 14.6. The van der Waals surface area contributed by atoms with E-state index < -0.39 is 11.2 Å². The maximum Gasteiger partial charge on any atom is 0.333 e.